The zero-order chi connectivity index (χ0) is 10.8. The zero-order valence-electron chi connectivity index (χ0n) is 9.74. The fraction of sp³-hybridized carbons (Fsp3) is 0.571. The van der Waals surface area contributed by atoms with Crippen molar-refractivity contribution in [3.05, 3.63) is 29.8 Å². The van der Waals surface area contributed by atoms with E-state index in [1.165, 1.54) is 24.8 Å². The molecular formula is C14H21N. The van der Waals surface area contributed by atoms with Crippen LogP contribution in [0.3, 0.4) is 0 Å². The Morgan fingerprint density at radius 1 is 1.07 bits per heavy atom. The fourth-order valence-corrected chi connectivity index (χ4v) is 2.74. The van der Waals surface area contributed by atoms with E-state index in [0.717, 1.165) is 23.4 Å². The van der Waals surface area contributed by atoms with Crippen molar-refractivity contribution in [3.8, 4) is 0 Å². The fourth-order valence-electron chi connectivity index (χ4n) is 2.74. The summed E-state index contributed by atoms with van der Waals surface area (Å²) in [5.74, 6) is 2.45. The Bertz CT molecular complexity index is 315. The van der Waals surface area contributed by atoms with Gasteiger partial charge in [-0.3, -0.25) is 0 Å². The highest BCUT2D eigenvalue weighted by Gasteiger charge is 2.26. The van der Waals surface area contributed by atoms with Gasteiger partial charge in [-0.1, -0.05) is 32.4 Å². The SMILES string of the molecule is C[C@@H]1CC[C@@H](C)[C@@H](c2ccc(N)cc2)C1. The van der Waals surface area contributed by atoms with E-state index in [4.69, 9.17) is 5.73 Å². The predicted molar refractivity (Wildman–Crippen MR) is 65.8 cm³/mol. The van der Waals surface area contributed by atoms with Gasteiger partial charge in [0, 0.05) is 5.69 Å². The molecule has 1 aliphatic carbocycles. The molecule has 1 aromatic carbocycles. The molecule has 15 heavy (non-hydrogen) atoms. The minimum Gasteiger partial charge on any atom is -0.399 e. The Labute approximate surface area is 92.7 Å². The van der Waals surface area contributed by atoms with Crippen LogP contribution in [0.5, 0.6) is 0 Å². The third kappa shape index (κ3) is 2.34. The van der Waals surface area contributed by atoms with Crippen LogP contribution in [0, 0.1) is 11.8 Å². The van der Waals surface area contributed by atoms with Gasteiger partial charge in [0.15, 0.2) is 0 Å². The Morgan fingerprint density at radius 2 is 1.73 bits per heavy atom. The highest BCUT2D eigenvalue weighted by molar-refractivity contribution is 5.40. The average Bonchev–Trinajstić information content (AvgIpc) is 2.23. The monoisotopic (exact) mass is 203 g/mol. The van der Waals surface area contributed by atoms with Crippen LogP contribution >= 0.6 is 0 Å². The Hall–Kier alpha value is -0.980. The summed E-state index contributed by atoms with van der Waals surface area (Å²) in [6.07, 6.45) is 4.11. The van der Waals surface area contributed by atoms with E-state index >= 15 is 0 Å². The number of nitrogen functional groups attached to an aromatic ring is 1. The number of anilines is 1. The summed E-state index contributed by atoms with van der Waals surface area (Å²) in [5.41, 5.74) is 8.06. The Kier molecular flexibility index (Phi) is 2.99. The van der Waals surface area contributed by atoms with Gasteiger partial charge >= 0.3 is 0 Å². The second kappa shape index (κ2) is 4.26. The summed E-state index contributed by atoms with van der Waals surface area (Å²) in [6, 6.07) is 8.46. The van der Waals surface area contributed by atoms with Gasteiger partial charge in [0.2, 0.25) is 0 Å². The maximum Gasteiger partial charge on any atom is 0.0314 e. The lowest BCUT2D eigenvalue weighted by Crippen LogP contribution is -2.19. The zero-order valence-corrected chi connectivity index (χ0v) is 9.74. The molecular weight excluding hydrogens is 182 g/mol. The maximum absolute atomic E-state index is 5.72. The van der Waals surface area contributed by atoms with E-state index in [-0.39, 0.29) is 0 Å². The molecule has 0 heterocycles. The van der Waals surface area contributed by atoms with Gasteiger partial charge in [0.05, 0.1) is 0 Å². The second-order valence-electron chi connectivity index (χ2n) is 5.17. The standard InChI is InChI=1S/C14H21N/c1-10-3-4-11(2)14(9-10)12-5-7-13(15)8-6-12/h5-8,10-11,14H,3-4,9,15H2,1-2H3/t10-,11-,14+/m1/s1. The first-order valence-corrected chi connectivity index (χ1v) is 6.02. The molecule has 2 rings (SSSR count). The largest absolute Gasteiger partial charge is 0.399 e. The summed E-state index contributed by atoms with van der Waals surface area (Å²) in [5, 5.41) is 0. The summed E-state index contributed by atoms with van der Waals surface area (Å²) in [7, 11) is 0. The summed E-state index contributed by atoms with van der Waals surface area (Å²) < 4.78 is 0. The van der Waals surface area contributed by atoms with E-state index in [0.29, 0.717) is 0 Å². The summed E-state index contributed by atoms with van der Waals surface area (Å²) in [4.78, 5) is 0. The molecule has 1 heteroatoms. The van der Waals surface area contributed by atoms with Gasteiger partial charge in [-0.05, 0) is 48.3 Å². The molecule has 3 atom stereocenters. The molecule has 1 nitrogen and oxygen atoms in total. The molecule has 0 amide bonds. The van der Waals surface area contributed by atoms with Gasteiger partial charge in [0.1, 0.15) is 0 Å². The predicted octanol–water partition coefficient (Wildman–Crippen LogP) is 3.81. The van der Waals surface area contributed by atoms with Crippen LogP contribution in [0.15, 0.2) is 24.3 Å². The molecule has 1 aliphatic rings. The van der Waals surface area contributed by atoms with E-state index < -0.39 is 0 Å². The van der Waals surface area contributed by atoms with Crippen LogP contribution in [0.4, 0.5) is 5.69 Å². The normalized spacial score (nSPS) is 31.5. The van der Waals surface area contributed by atoms with Crippen molar-refractivity contribution in [2.75, 3.05) is 5.73 Å². The Morgan fingerprint density at radius 3 is 2.40 bits per heavy atom. The minimum atomic E-state index is 0.745. The van der Waals surface area contributed by atoms with Gasteiger partial charge in [0.25, 0.3) is 0 Å². The number of benzene rings is 1. The van der Waals surface area contributed by atoms with Crippen molar-refractivity contribution in [1.82, 2.24) is 0 Å². The van der Waals surface area contributed by atoms with Crippen molar-refractivity contribution < 1.29 is 0 Å². The second-order valence-corrected chi connectivity index (χ2v) is 5.17. The molecule has 2 N–H and O–H groups in total. The van der Waals surface area contributed by atoms with E-state index in [1.54, 1.807) is 0 Å². The van der Waals surface area contributed by atoms with Crippen LogP contribution in [-0.2, 0) is 0 Å². The highest BCUT2D eigenvalue weighted by atomic mass is 14.5. The van der Waals surface area contributed by atoms with Gasteiger partial charge in [-0.25, -0.2) is 0 Å². The number of nitrogens with two attached hydrogens (primary N) is 1. The van der Waals surface area contributed by atoms with E-state index in [1.807, 2.05) is 12.1 Å². The lowest BCUT2D eigenvalue weighted by atomic mass is 9.72. The molecule has 1 saturated carbocycles. The molecule has 1 aromatic rings. The molecule has 0 saturated heterocycles. The third-order valence-corrected chi connectivity index (χ3v) is 3.82. The van der Waals surface area contributed by atoms with Crippen molar-refractivity contribution in [1.29, 1.82) is 0 Å². The van der Waals surface area contributed by atoms with E-state index in [2.05, 4.69) is 26.0 Å². The molecule has 0 bridgehead atoms. The molecule has 0 unspecified atom stereocenters. The molecule has 0 aromatic heterocycles. The molecule has 0 spiro atoms. The smallest absolute Gasteiger partial charge is 0.0314 e. The number of hydrogen-bond donors (Lipinski definition) is 1. The topological polar surface area (TPSA) is 26.0 Å². The molecule has 1 fully saturated rings. The van der Waals surface area contributed by atoms with Crippen LogP contribution in [-0.4, -0.2) is 0 Å². The van der Waals surface area contributed by atoms with Crippen LogP contribution in [0.1, 0.15) is 44.6 Å². The molecule has 0 radical (unpaired) electrons. The minimum absolute atomic E-state index is 0.745. The van der Waals surface area contributed by atoms with Gasteiger partial charge in [-0.15, -0.1) is 0 Å². The molecule has 0 aliphatic heterocycles. The number of hydrogen-bond acceptors (Lipinski definition) is 1. The molecule has 82 valence electrons. The average molecular weight is 203 g/mol. The first-order chi connectivity index (χ1) is 7.16. The maximum atomic E-state index is 5.72. The van der Waals surface area contributed by atoms with E-state index in [9.17, 15) is 0 Å². The van der Waals surface area contributed by atoms with Crippen molar-refractivity contribution in [2.24, 2.45) is 11.8 Å². The lowest BCUT2D eigenvalue weighted by molar-refractivity contribution is 0.264. The van der Waals surface area contributed by atoms with Gasteiger partial charge < -0.3 is 5.73 Å². The van der Waals surface area contributed by atoms with Crippen molar-refractivity contribution in [2.45, 2.75) is 39.0 Å². The van der Waals surface area contributed by atoms with Crippen molar-refractivity contribution in [3.63, 3.8) is 0 Å². The first-order valence-electron chi connectivity index (χ1n) is 6.02. The summed E-state index contributed by atoms with van der Waals surface area (Å²) >= 11 is 0. The van der Waals surface area contributed by atoms with Gasteiger partial charge in [-0.2, -0.15) is 0 Å². The van der Waals surface area contributed by atoms with Crippen LogP contribution < -0.4 is 5.73 Å². The highest BCUT2D eigenvalue weighted by Crippen LogP contribution is 2.40. The van der Waals surface area contributed by atoms with Crippen LogP contribution in [0.25, 0.3) is 0 Å². The van der Waals surface area contributed by atoms with Crippen LogP contribution in [0.2, 0.25) is 0 Å². The Balaban J connectivity index is 2.17. The van der Waals surface area contributed by atoms with Crippen molar-refractivity contribution >= 4 is 5.69 Å². The lowest BCUT2D eigenvalue weighted by Gasteiger charge is -2.33. The number of rotatable bonds is 1. The third-order valence-electron chi connectivity index (χ3n) is 3.82. The quantitative estimate of drug-likeness (QED) is 0.690. The first kappa shape index (κ1) is 10.5. The summed E-state index contributed by atoms with van der Waals surface area (Å²) in [6.45, 7) is 4.75.